The molecule has 0 saturated carbocycles. The Morgan fingerprint density at radius 3 is 2.10 bits per heavy atom. The van der Waals surface area contributed by atoms with Crippen LogP contribution in [0, 0.1) is 0 Å². The highest BCUT2D eigenvalue weighted by Gasteiger charge is 2.32. The second-order valence-electron chi connectivity index (χ2n) is 11.4. The molecule has 0 spiro atoms. The molecule has 5 rings (SSSR count). The molecular weight excluding hydrogens is 697 g/mol. The first kappa shape index (κ1) is 36.8. The van der Waals surface area contributed by atoms with Gasteiger partial charge in [-0.1, -0.05) is 78.3 Å². The van der Waals surface area contributed by atoms with Gasteiger partial charge in [0.15, 0.2) is 0 Å². The first-order chi connectivity index (χ1) is 24.4. The smallest absolute Gasteiger partial charge is 0.378 e. The second-order valence-corrected chi connectivity index (χ2v) is 13.0. The minimum Gasteiger partial charge on any atom is -0.378 e. The number of carbonyl (C=O) groups is 3. The fraction of sp³-hybridized carbons (Fsp3) is 0.103. The molecule has 1 unspecified atom stereocenters. The van der Waals surface area contributed by atoms with Crippen LogP contribution in [-0.2, 0) is 15.8 Å². The van der Waals surface area contributed by atoms with Crippen molar-refractivity contribution in [3.63, 3.8) is 0 Å². The van der Waals surface area contributed by atoms with Crippen molar-refractivity contribution in [2.75, 3.05) is 29.6 Å². The maximum Gasteiger partial charge on any atom is 0.416 e. The van der Waals surface area contributed by atoms with E-state index in [9.17, 15) is 27.6 Å². The third kappa shape index (κ3) is 10.0. The van der Waals surface area contributed by atoms with Gasteiger partial charge in [-0.15, -0.1) is 11.8 Å². The quantitative estimate of drug-likeness (QED) is 0.0932. The monoisotopic (exact) mass is 728 g/mol. The van der Waals surface area contributed by atoms with Crippen LogP contribution in [0.4, 0.5) is 30.2 Å². The Balaban J connectivity index is 1.39. The van der Waals surface area contributed by atoms with E-state index in [1.54, 1.807) is 91.0 Å². The van der Waals surface area contributed by atoms with Gasteiger partial charge in [0, 0.05) is 35.9 Å². The molecule has 1 atom stereocenters. The van der Waals surface area contributed by atoms with Crippen molar-refractivity contribution in [1.29, 1.82) is 0 Å². The molecule has 0 saturated heterocycles. The highest BCUT2D eigenvalue weighted by Crippen LogP contribution is 2.39. The minimum atomic E-state index is -4.63. The number of rotatable bonds is 11. The first-order valence-corrected chi connectivity index (χ1v) is 16.8. The predicted molar refractivity (Wildman–Crippen MR) is 198 cm³/mol. The topological polar surface area (TPSA) is 90.5 Å². The number of amides is 3. The van der Waals surface area contributed by atoms with Crippen molar-refractivity contribution in [3.8, 4) is 0 Å². The number of hydrogen-bond donors (Lipinski definition) is 3. The summed E-state index contributed by atoms with van der Waals surface area (Å²) >= 11 is 7.30. The lowest BCUT2D eigenvalue weighted by atomic mass is 10.1. The molecule has 5 aromatic rings. The zero-order valence-corrected chi connectivity index (χ0v) is 28.9. The van der Waals surface area contributed by atoms with E-state index in [0.29, 0.717) is 27.3 Å². The number of halogens is 4. The van der Waals surface area contributed by atoms with Crippen LogP contribution >= 0.6 is 23.4 Å². The van der Waals surface area contributed by atoms with Gasteiger partial charge in [-0.05, 0) is 77.9 Å². The molecule has 0 radical (unpaired) electrons. The molecule has 0 aliphatic rings. The summed E-state index contributed by atoms with van der Waals surface area (Å²) in [7, 11) is 3.83. The van der Waals surface area contributed by atoms with Gasteiger partial charge >= 0.3 is 6.18 Å². The Labute approximate surface area is 302 Å². The van der Waals surface area contributed by atoms with Crippen LogP contribution in [0.25, 0.3) is 6.08 Å². The van der Waals surface area contributed by atoms with Crippen LogP contribution in [-0.4, -0.2) is 31.8 Å². The number of benzene rings is 5. The normalized spacial score (nSPS) is 12.1. The van der Waals surface area contributed by atoms with Gasteiger partial charge in [0.1, 0.15) is 10.9 Å². The molecule has 0 heterocycles. The molecule has 51 heavy (non-hydrogen) atoms. The van der Waals surface area contributed by atoms with E-state index in [2.05, 4.69) is 16.0 Å². The summed E-state index contributed by atoms with van der Waals surface area (Å²) in [6.07, 6.45) is -3.05. The minimum absolute atomic E-state index is 0.000909. The summed E-state index contributed by atoms with van der Waals surface area (Å²) in [6.45, 7) is 0. The highest BCUT2D eigenvalue weighted by molar-refractivity contribution is 8.00. The summed E-state index contributed by atoms with van der Waals surface area (Å²) in [5, 5.41) is 7.16. The van der Waals surface area contributed by atoms with E-state index in [1.165, 1.54) is 0 Å². The van der Waals surface area contributed by atoms with Crippen molar-refractivity contribution >= 4 is 64.2 Å². The van der Waals surface area contributed by atoms with Gasteiger partial charge in [-0.2, -0.15) is 13.2 Å². The number of thioether (sulfide) groups is 1. The van der Waals surface area contributed by atoms with Gasteiger partial charge in [-0.25, -0.2) is 0 Å². The molecule has 0 aliphatic heterocycles. The summed E-state index contributed by atoms with van der Waals surface area (Å²) in [5.74, 6) is -1.66. The number of hydrogen-bond acceptors (Lipinski definition) is 5. The summed E-state index contributed by atoms with van der Waals surface area (Å²) < 4.78 is 40.2. The lowest BCUT2D eigenvalue weighted by Gasteiger charge is -2.19. The lowest BCUT2D eigenvalue weighted by Crippen LogP contribution is -2.30. The first-order valence-electron chi connectivity index (χ1n) is 15.5. The number of anilines is 3. The summed E-state index contributed by atoms with van der Waals surface area (Å²) in [4.78, 5) is 42.9. The molecular formula is C39H32ClF3N4O3S. The van der Waals surface area contributed by atoms with Crippen molar-refractivity contribution in [1.82, 2.24) is 5.32 Å². The summed E-state index contributed by atoms with van der Waals surface area (Å²) in [6, 6.07) is 34.1. The Morgan fingerprint density at radius 1 is 0.784 bits per heavy atom. The molecule has 0 fully saturated rings. The molecule has 260 valence electrons. The molecule has 0 bridgehead atoms. The van der Waals surface area contributed by atoms with E-state index in [0.717, 1.165) is 35.6 Å². The van der Waals surface area contributed by atoms with Gasteiger partial charge in [0.05, 0.1) is 16.3 Å². The molecule has 7 nitrogen and oxygen atoms in total. The second kappa shape index (κ2) is 16.5. The Morgan fingerprint density at radius 2 is 1.45 bits per heavy atom. The Kier molecular flexibility index (Phi) is 11.9. The van der Waals surface area contributed by atoms with E-state index in [4.69, 9.17) is 11.6 Å². The molecule has 3 N–H and O–H groups in total. The number of nitrogens with one attached hydrogen (secondary N) is 3. The fourth-order valence-corrected chi connectivity index (χ4v) is 6.10. The lowest BCUT2D eigenvalue weighted by molar-refractivity contribution is -0.137. The van der Waals surface area contributed by atoms with E-state index >= 15 is 0 Å². The average Bonchev–Trinajstić information content (AvgIpc) is 3.11. The largest absolute Gasteiger partial charge is 0.416 e. The third-order valence-corrected chi connectivity index (χ3v) is 9.06. The van der Waals surface area contributed by atoms with Gasteiger partial charge < -0.3 is 20.9 Å². The highest BCUT2D eigenvalue weighted by atomic mass is 35.5. The van der Waals surface area contributed by atoms with Crippen LogP contribution in [0.5, 0.6) is 0 Å². The SMILES string of the molecule is CN(C)c1ccc(/C=C(/NC(=O)c2ccccc2)C(=O)Nc2cccc(SC(C(=O)Nc3cc(C(F)(F)F)ccc3Cl)c3ccccc3)c2)cc1. The molecule has 3 amide bonds. The van der Waals surface area contributed by atoms with Crippen molar-refractivity contribution in [3.05, 3.63) is 160 Å². The number of nitrogens with zero attached hydrogens (tertiary/aromatic N) is 1. The number of carbonyl (C=O) groups excluding carboxylic acids is 3. The van der Waals surface area contributed by atoms with Crippen LogP contribution < -0.4 is 20.9 Å². The average molecular weight is 729 g/mol. The zero-order valence-electron chi connectivity index (χ0n) is 27.4. The predicted octanol–water partition coefficient (Wildman–Crippen LogP) is 9.31. The molecule has 5 aromatic carbocycles. The zero-order chi connectivity index (χ0) is 36.5. The standard InChI is InChI=1S/C39H32ClF3N4O3S/c1-47(2)30-19-16-25(17-20-30)22-34(46-36(48)27-12-7-4-8-13-27)37(49)44-29-14-9-15-31(24-29)51-35(26-10-5-3-6-11-26)38(50)45-33-23-28(39(41,42)43)18-21-32(33)40/h3-24,35H,1-2H3,(H,44,49)(H,45,50)(H,46,48)/b34-22+. The van der Waals surface area contributed by atoms with E-state index in [-0.39, 0.29) is 16.4 Å². The molecule has 0 aromatic heterocycles. The Hall–Kier alpha value is -5.52. The van der Waals surface area contributed by atoms with Gasteiger partial charge in [0.2, 0.25) is 5.91 Å². The number of alkyl halides is 3. The van der Waals surface area contributed by atoms with Crippen LogP contribution in [0.2, 0.25) is 5.02 Å². The van der Waals surface area contributed by atoms with Gasteiger partial charge in [-0.3, -0.25) is 14.4 Å². The van der Waals surface area contributed by atoms with Crippen LogP contribution in [0.15, 0.2) is 138 Å². The van der Waals surface area contributed by atoms with E-state index < -0.39 is 34.7 Å². The third-order valence-electron chi connectivity index (χ3n) is 7.49. The molecule has 12 heteroatoms. The molecule has 0 aliphatic carbocycles. The van der Waals surface area contributed by atoms with Crippen molar-refractivity contribution < 1.29 is 27.6 Å². The van der Waals surface area contributed by atoms with Crippen LogP contribution in [0.1, 0.15) is 32.3 Å². The Bertz CT molecular complexity index is 2040. The van der Waals surface area contributed by atoms with Crippen molar-refractivity contribution in [2.45, 2.75) is 16.3 Å². The van der Waals surface area contributed by atoms with Crippen LogP contribution in [0.3, 0.4) is 0 Å². The fourth-order valence-electron chi connectivity index (χ4n) is 4.86. The van der Waals surface area contributed by atoms with Crippen molar-refractivity contribution in [2.24, 2.45) is 0 Å². The maximum atomic E-state index is 13.7. The van der Waals surface area contributed by atoms with Gasteiger partial charge in [0.25, 0.3) is 11.8 Å². The maximum absolute atomic E-state index is 13.7. The van der Waals surface area contributed by atoms with E-state index in [1.807, 2.05) is 43.3 Å². The summed E-state index contributed by atoms with van der Waals surface area (Å²) in [5.41, 5.74) is 1.85.